The zero-order valence-electron chi connectivity index (χ0n) is 34.0. The van der Waals surface area contributed by atoms with Crippen LogP contribution >= 0.6 is 0 Å². The van der Waals surface area contributed by atoms with Crippen molar-refractivity contribution in [3.05, 3.63) is 245 Å². The molecule has 2 atom stereocenters. The number of hydrogen-bond acceptors (Lipinski definition) is 3. The van der Waals surface area contributed by atoms with E-state index in [-0.39, 0.29) is 12.2 Å². The number of para-hydroxylation sites is 2. The molecule has 0 saturated heterocycles. The lowest BCUT2D eigenvalue weighted by Crippen LogP contribution is -2.40. The minimum Gasteiger partial charge on any atom is -0.478 e. The standard InChI is InChI=1S/C59H41NO2/c1-2-18-40(19-3-1)60(41-34-32-39(33-35-41)43-25-14-17-38-16-4-5-20-42(38)43)54-30-13-9-24-47(54)48-26-15-31-55-58(48)62-57-37-53-49(36-56(57)61-55)46-23-8-12-29-52(46)59(53)50-27-10-6-21-44(50)45-22-7-11-28-51(45)59/h1-4,6-19,21-37,55,58H,5,20H2. The first kappa shape index (κ1) is 35.2. The van der Waals surface area contributed by atoms with E-state index in [1.165, 1.54) is 66.8 Å². The second-order valence-corrected chi connectivity index (χ2v) is 16.9. The Labute approximate surface area is 362 Å². The van der Waals surface area contributed by atoms with Crippen LogP contribution in [0.2, 0.25) is 0 Å². The Bertz CT molecular complexity index is 3160. The molecule has 4 aliphatic carbocycles. The third-order valence-corrected chi connectivity index (χ3v) is 13.7. The molecule has 1 spiro atoms. The summed E-state index contributed by atoms with van der Waals surface area (Å²) in [5.74, 6) is 1.55. The summed E-state index contributed by atoms with van der Waals surface area (Å²) in [7, 11) is 0. The van der Waals surface area contributed by atoms with Gasteiger partial charge in [-0.3, -0.25) is 0 Å². The first-order valence-corrected chi connectivity index (χ1v) is 21.8. The summed E-state index contributed by atoms with van der Waals surface area (Å²) in [6.07, 6.45) is 12.5. The normalized spacial score (nSPS) is 17.6. The highest BCUT2D eigenvalue weighted by molar-refractivity contribution is 5.96. The monoisotopic (exact) mass is 795 g/mol. The molecule has 0 saturated carbocycles. The molecule has 8 aromatic carbocycles. The fourth-order valence-electron chi connectivity index (χ4n) is 11.1. The van der Waals surface area contributed by atoms with Crippen molar-refractivity contribution in [1.82, 2.24) is 0 Å². The zero-order chi connectivity index (χ0) is 40.8. The van der Waals surface area contributed by atoms with Gasteiger partial charge in [0.1, 0.15) is 0 Å². The van der Waals surface area contributed by atoms with E-state index in [1.807, 2.05) is 0 Å². The molecule has 62 heavy (non-hydrogen) atoms. The molecular formula is C59H41NO2. The highest BCUT2D eigenvalue weighted by Crippen LogP contribution is 2.64. The quantitative estimate of drug-likeness (QED) is 0.173. The fraction of sp³-hybridized carbons (Fsp3) is 0.0847. The fourth-order valence-corrected chi connectivity index (χ4v) is 11.1. The van der Waals surface area contributed by atoms with Crippen molar-refractivity contribution in [2.75, 3.05) is 4.90 Å². The number of benzene rings is 8. The first-order valence-electron chi connectivity index (χ1n) is 21.8. The summed E-state index contributed by atoms with van der Waals surface area (Å²) in [6.45, 7) is 0. The van der Waals surface area contributed by atoms with Crippen LogP contribution in [0.25, 0.3) is 45.0 Å². The number of allylic oxidation sites excluding steroid dienone is 3. The largest absolute Gasteiger partial charge is 0.478 e. The van der Waals surface area contributed by atoms with E-state index in [0.29, 0.717) is 0 Å². The number of rotatable bonds is 5. The summed E-state index contributed by atoms with van der Waals surface area (Å²) in [4.78, 5) is 2.37. The van der Waals surface area contributed by atoms with Crippen LogP contribution in [0.15, 0.2) is 206 Å². The Morgan fingerprint density at radius 2 is 1.11 bits per heavy atom. The molecule has 1 aliphatic heterocycles. The maximum Gasteiger partial charge on any atom is 0.165 e. The molecule has 8 aromatic rings. The van der Waals surface area contributed by atoms with Crippen molar-refractivity contribution >= 4 is 28.7 Å². The highest BCUT2D eigenvalue weighted by atomic mass is 16.6. The van der Waals surface area contributed by atoms with Crippen LogP contribution in [0.1, 0.15) is 45.4 Å². The van der Waals surface area contributed by atoms with E-state index in [0.717, 1.165) is 52.5 Å². The van der Waals surface area contributed by atoms with Gasteiger partial charge in [0, 0.05) is 22.5 Å². The topological polar surface area (TPSA) is 21.7 Å². The van der Waals surface area contributed by atoms with Gasteiger partial charge in [-0.05, 0) is 128 Å². The van der Waals surface area contributed by atoms with E-state index < -0.39 is 5.41 Å². The molecule has 5 aliphatic rings. The van der Waals surface area contributed by atoms with E-state index in [9.17, 15) is 0 Å². The van der Waals surface area contributed by atoms with Crippen LogP contribution in [0, 0.1) is 0 Å². The summed E-state index contributed by atoms with van der Waals surface area (Å²) in [5.41, 5.74) is 20.4. The van der Waals surface area contributed by atoms with Crippen LogP contribution in [0.5, 0.6) is 11.5 Å². The molecule has 3 nitrogen and oxygen atoms in total. The van der Waals surface area contributed by atoms with Gasteiger partial charge in [-0.15, -0.1) is 0 Å². The van der Waals surface area contributed by atoms with Gasteiger partial charge in [-0.2, -0.15) is 0 Å². The Hall–Kier alpha value is -7.62. The number of hydrogen-bond donors (Lipinski definition) is 0. The molecule has 0 fully saturated rings. The predicted molar refractivity (Wildman–Crippen MR) is 253 cm³/mol. The summed E-state index contributed by atoms with van der Waals surface area (Å²) >= 11 is 0. The number of nitrogens with zero attached hydrogens (tertiary/aromatic N) is 1. The zero-order valence-corrected chi connectivity index (χ0v) is 34.0. The molecule has 0 bridgehead atoms. The molecule has 294 valence electrons. The van der Waals surface area contributed by atoms with E-state index in [1.54, 1.807) is 0 Å². The van der Waals surface area contributed by atoms with Crippen molar-refractivity contribution in [1.29, 1.82) is 0 Å². The molecule has 1 heterocycles. The number of ether oxygens (including phenoxy) is 2. The van der Waals surface area contributed by atoms with Gasteiger partial charge in [-0.25, -0.2) is 0 Å². The minimum absolute atomic E-state index is 0.303. The molecule has 0 amide bonds. The molecule has 3 heteroatoms. The first-order chi connectivity index (χ1) is 30.8. The van der Waals surface area contributed by atoms with Gasteiger partial charge in [0.25, 0.3) is 0 Å². The minimum atomic E-state index is -0.464. The predicted octanol–water partition coefficient (Wildman–Crippen LogP) is 14.3. The lowest BCUT2D eigenvalue weighted by Gasteiger charge is -2.38. The van der Waals surface area contributed by atoms with Crippen molar-refractivity contribution in [3.63, 3.8) is 0 Å². The van der Waals surface area contributed by atoms with Crippen LogP contribution in [-0.2, 0) is 11.8 Å². The van der Waals surface area contributed by atoms with Crippen molar-refractivity contribution < 1.29 is 9.47 Å². The molecule has 2 unspecified atom stereocenters. The maximum atomic E-state index is 7.29. The van der Waals surface area contributed by atoms with Crippen LogP contribution in [-0.4, -0.2) is 12.2 Å². The Morgan fingerprint density at radius 1 is 0.500 bits per heavy atom. The maximum absolute atomic E-state index is 7.29. The van der Waals surface area contributed by atoms with Gasteiger partial charge in [-0.1, -0.05) is 164 Å². The van der Waals surface area contributed by atoms with Crippen LogP contribution in [0.4, 0.5) is 17.1 Å². The Morgan fingerprint density at radius 3 is 1.85 bits per heavy atom. The molecule has 0 aromatic heterocycles. The van der Waals surface area contributed by atoms with Crippen molar-refractivity contribution in [2.45, 2.75) is 30.5 Å². The number of anilines is 3. The smallest absolute Gasteiger partial charge is 0.165 e. The van der Waals surface area contributed by atoms with Crippen molar-refractivity contribution in [3.8, 4) is 44.9 Å². The van der Waals surface area contributed by atoms with E-state index in [2.05, 4.69) is 217 Å². The van der Waals surface area contributed by atoms with Gasteiger partial charge >= 0.3 is 0 Å². The third-order valence-electron chi connectivity index (χ3n) is 13.7. The third kappa shape index (κ3) is 5.06. The lowest BCUT2D eigenvalue weighted by molar-refractivity contribution is 0.0815. The molecule has 0 radical (unpaired) electrons. The SMILES string of the molecule is C1=CC2Oc3cc4c(cc3OC2C(c2ccccc2N(c2ccccc2)c2ccc(-c3cccc5c3CCC=C5)cc2)=C1)C1(c2ccccc2-c2ccccc21)c1ccccc1-4. The Balaban J connectivity index is 0.914. The van der Waals surface area contributed by atoms with Gasteiger partial charge < -0.3 is 14.4 Å². The molecule has 0 N–H and O–H groups in total. The average Bonchev–Trinajstić information content (AvgIpc) is 3.80. The van der Waals surface area contributed by atoms with E-state index in [4.69, 9.17) is 9.47 Å². The highest BCUT2D eigenvalue weighted by Gasteiger charge is 2.52. The second kappa shape index (κ2) is 13.7. The lowest BCUT2D eigenvalue weighted by atomic mass is 9.70. The van der Waals surface area contributed by atoms with Crippen LogP contribution in [0.3, 0.4) is 0 Å². The Kier molecular flexibility index (Phi) is 7.77. The molecule has 13 rings (SSSR count). The van der Waals surface area contributed by atoms with Gasteiger partial charge in [0.15, 0.2) is 23.7 Å². The van der Waals surface area contributed by atoms with E-state index >= 15 is 0 Å². The number of fused-ring (bicyclic) bond motifs is 13. The summed E-state index contributed by atoms with van der Waals surface area (Å²) in [6, 6.07) is 66.4. The summed E-state index contributed by atoms with van der Waals surface area (Å²) < 4.78 is 14.3. The average molecular weight is 796 g/mol. The van der Waals surface area contributed by atoms with Crippen molar-refractivity contribution in [2.24, 2.45) is 0 Å². The van der Waals surface area contributed by atoms with Crippen LogP contribution < -0.4 is 14.4 Å². The van der Waals surface area contributed by atoms with Gasteiger partial charge in [0.05, 0.1) is 11.1 Å². The molecular weight excluding hydrogens is 755 g/mol. The van der Waals surface area contributed by atoms with Gasteiger partial charge in [0.2, 0.25) is 0 Å². The summed E-state index contributed by atoms with van der Waals surface area (Å²) in [5, 5.41) is 0. The second-order valence-electron chi connectivity index (χ2n) is 16.9.